The summed E-state index contributed by atoms with van der Waals surface area (Å²) in [4.78, 5) is 15.0. The first kappa shape index (κ1) is 16.7. The third-order valence-electron chi connectivity index (χ3n) is 3.94. The number of hydrogen-bond donors (Lipinski definition) is 2. The number of benzene rings is 2. The largest absolute Gasteiger partial charge is 0.497 e. The molecule has 0 unspecified atom stereocenters. The predicted octanol–water partition coefficient (Wildman–Crippen LogP) is 3.12. The third kappa shape index (κ3) is 4.03. The molecule has 25 heavy (non-hydrogen) atoms. The number of methoxy groups -OCH3 is 1. The number of nitrogens with zero attached hydrogens (tertiary/aromatic N) is 2. The molecule has 1 heterocycles. The lowest BCUT2D eigenvalue weighted by molar-refractivity contribution is 0.414. The molecule has 2 aromatic carbocycles. The Morgan fingerprint density at radius 3 is 2.52 bits per heavy atom. The number of aromatic nitrogens is 3. The Labute approximate surface area is 145 Å². The number of aromatic amines is 1. The van der Waals surface area contributed by atoms with Crippen LogP contribution in [0.25, 0.3) is 0 Å². The van der Waals surface area contributed by atoms with Gasteiger partial charge in [0.15, 0.2) is 0 Å². The van der Waals surface area contributed by atoms with E-state index in [4.69, 9.17) is 4.74 Å². The van der Waals surface area contributed by atoms with Gasteiger partial charge in [-0.3, -0.25) is 9.78 Å². The Balaban J connectivity index is 1.78. The number of nitrogens with one attached hydrogen (secondary N) is 2. The van der Waals surface area contributed by atoms with Crippen molar-refractivity contribution in [2.45, 2.75) is 20.3 Å². The standard InChI is InChI=1S/C19H20N4O2/c1-12-4-5-13(2)16(10-12)20-19-21-18(24)17(22-23-19)11-14-6-8-15(25-3)9-7-14/h4-10H,11H2,1-3H3,(H2,20,21,23,24). The molecule has 0 fully saturated rings. The van der Waals surface area contributed by atoms with E-state index in [2.05, 4.69) is 20.5 Å². The van der Waals surface area contributed by atoms with Crippen molar-refractivity contribution >= 4 is 11.6 Å². The van der Waals surface area contributed by atoms with E-state index in [-0.39, 0.29) is 5.56 Å². The van der Waals surface area contributed by atoms with Crippen molar-refractivity contribution in [3.8, 4) is 5.75 Å². The first-order chi connectivity index (χ1) is 12.0. The molecule has 0 saturated carbocycles. The van der Waals surface area contributed by atoms with E-state index in [1.54, 1.807) is 7.11 Å². The molecule has 0 radical (unpaired) electrons. The van der Waals surface area contributed by atoms with E-state index >= 15 is 0 Å². The molecular weight excluding hydrogens is 316 g/mol. The molecule has 0 saturated heterocycles. The smallest absolute Gasteiger partial charge is 0.274 e. The van der Waals surface area contributed by atoms with Crippen molar-refractivity contribution < 1.29 is 4.74 Å². The van der Waals surface area contributed by atoms with Gasteiger partial charge in [0.25, 0.3) is 5.56 Å². The number of ether oxygens (including phenoxy) is 1. The van der Waals surface area contributed by atoms with Gasteiger partial charge in [0.05, 0.1) is 7.11 Å². The molecule has 0 bridgehead atoms. The summed E-state index contributed by atoms with van der Waals surface area (Å²) < 4.78 is 5.13. The van der Waals surface area contributed by atoms with Gasteiger partial charge >= 0.3 is 0 Å². The number of hydrogen-bond acceptors (Lipinski definition) is 5. The van der Waals surface area contributed by atoms with E-state index < -0.39 is 0 Å². The van der Waals surface area contributed by atoms with Crippen molar-refractivity contribution in [2.75, 3.05) is 12.4 Å². The lowest BCUT2D eigenvalue weighted by Crippen LogP contribution is -2.19. The zero-order valence-corrected chi connectivity index (χ0v) is 14.5. The van der Waals surface area contributed by atoms with Crippen LogP contribution in [-0.4, -0.2) is 22.3 Å². The van der Waals surface area contributed by atoms with Gasteiger partial charge in [-0.1, -0.05) is 24.3 Å². The van der Waals surface area contributed by atoms with Gasteiger partial charge in [-0.15, -0.1) is 10.2 Å². The second-order valence-corrected chi connectivity index (χ2v) is 5.92. The fourth-order valence-corrected chi connectivity index (χ4v) is 2.47. The van der Waals surface area contributed by atoms with E-state index in [0.29, 0.717) is 18.1 Å². The van der Waals surface area contributed by atoms with Crippen LogP contribution in [0.5, 0.6) is 5.75 Å². The average molecular weight is 336 g/mol. The summed E-state index contributed by atoms with van der Waals surface area (Å²) >= 11 is 0. The van der Waals surface area contributed by atoms with Gasteiger partial charge in [-0.2, -0.15) is 0 Å². The summed E-state index contributed by atoms with van der Waals surface area (Å²) in [7, 11) is 1.62. The molecule has 0 spiro atoms. The topological polar surface area (TPSA) is 79.9 Å². The number of rotatable bonds is 5. The number of aryl methyl sites for hydroxylation is 2. The summed E-state index contributed by atoms with van der Waals surface area (Å²) in [5.74, 6) is 1.11. The van der Waals surface area contributed by atoms with Crippen molar-refractivity contribution in [3.63, 3.8) is 0 Å². The molecular formula is C19H20N4O2. The summed E-state index contributed by atoms with van der Waals surface area (Å²) in [5.41, 5.74) is 4.18. The predicted molar refractivity (Wildman–Crippen MR) is 97.7 cm³/mol. The van der Waals surface area contributed by atoms with Crippen molar-refractivity contribution in [1.29, 1.82) is 0 Å². The Bertz CT molecular complexity index is 933. The van der Waals surface area contributed by atoms with E-state index in [9.17, 15) is 4.79 Å². The summed E-state index contributed by atoms with van der Waals surface area (Å²) in [6.07, 6.45) is 0.413. The Morgan fingerprint density at radius 2 is 1.84 bits per heavy atom. The van der Waals surface area contributed by atoms with Gasteiger partial charge in [0.1, 0.15) is 11.4 Å². The molecule has 3 aromatic rings. The highest BCUT2D eigenvalue weighted by molar-refractivity contribution is 5.58. The third-order valence-corrected chi connectivity index (χ3v) is 3.94. The Morgan fingerprint density at radius 1 is 1.08 bits per heavy atom. The van der Waals surface area contributed by atoms with Crippen LogP contribution in [0.1, 0.15) is 22.4 Å². The normalized spacial score (nSPS) is 10.5. The highest BCUT2D eigenvalue weighted by Crippen LogP contribution is 2.19. The SMILES string of the molecule is COc1ccc(Cc2nnc(Nc3cc(C)ccc3C)[nH]c2=O)cc1. The van der Waals surface area contributed by atoms with Crippen LogP contribution in [0.4, 0.5) is 11.6 Å². The van der Waals surface area contributed by atoms with Crippen LogP contribution in [0.3, 0.4) is 0 Å². The molecule has 0 aliphatic carbocycles. The number of anilines is 2. The summed E-state index contributed by atoms with van der Waals surface area (Å²) in [5, 5.41) is 11.3. The summed E-state index contributed by atoms with van der Waals surface area (Å²) in [6.45, 7) is 4.00. The monoisotopic (exact) mass is 336 g/mol. The van der Waals surface area contributed by atoms with Crippen molar-refractivity contribution in [2.24, 2.45) is 0 Å². The molecule has 3 rings (SSSR count). The second kappa shape index (κ2) is 7.17. The average Bonchev–Trinajstić information content (AvgIpc) is 2.61. The maximum absolute atomic E-state index is 12.3. The molecule has 0 aliphatic heterocycles. The van der Waals surface area contributed by atoms with Gasteiger partial charge in [-0.05, 0) is 48.7 Å². The van der Waals surface area contributed by atoms with E-state index in [0.717, 1.165) is 28.1 Å². The fourth-order valence-electron chi connectivity index (χ4n) is 2.47. The molecule has 0 aliphatic rings. The molecule has 0 atom stereocenters. The van der Waals surface area contributed by atoms with Crippen molar-refractivity contribution in [3.05, 3.63) is 75.2 Å². The number of H-pyrrole nitrogens is 1. The first-order valence-electron chi connectivity index (χ1n) is 7.98. The van der Waals surface area contributed by atoms with Crippen LogP contribution < -0.4 is 15.6 Å². The molecule has 1 aromatic heterocycles. The highest BCUT2D eigenvalue weighted by Gasteiger charge is 2.08. The van der Waals surface area contributed by atoms with Gasteiger partial charge in [-0.25, -0.2) is 0 Å². The van der Waals surface area contributed by atoms with Crippen LogP contribution in [0, 0.1) is 13.8 Å². The first-order valence-corrected chi connectivity index (χ1v) is 7.98. The molecule has 2 N–H and O–H groups in total. The molecule has 0 amide bonds. The minimum atomic E-state index is -0.251. The van der Waals surface area contributed by atoms with Gasteiger partial charge < -0.3 is 10.1 Å². The Kier molecular flexibility index (Phi) is 4.79. The summed E-state index contributed by atoms with van der Waals surface area (Å²) in [6, 6.07) is 13.6. The molecule has 6 nitrogen and oxygen atoms in total. The maximum Gasteiger partial charge on any atom is 0.274 e. The van der Waals surface area contributed by atoms with Crippen LogP contribution in [0.2, 0.25) is 0 Å². The van der Waals surface area contributed by atoms with Gasteiger partial charge in [0.2, 0.25) is 5.95 Å². The lowest BCUT2D eigenvalue weighted by Gasteiger charge is -2.09. The van der Waals surface area contributed by atoms with Crippen LogP contribution in [-0.2, 0) is 6.42 Å². The second-order valence-electron chi connectivity index (χ2n) is 5.92. The lowest BCUT2D eigenvalue weighted by atomic mass is 10.1. The zero-order valence-electron chi connectivity index (χ0n) is 14.5. The van der Waals surface area contributed by atoms with Crippen molar-refractivity contribution in [1.82, 2.24) is 15.2 Å². The van der Waals surface area contributed by atoms with Crippen LogP contribution >= 0.6 is 0 Å². The fraction of sp³-hybridized carbons (Fsp3) is 0.211. The van der Waals surface area contributed by atoms with Gasteiger partial charge in [0, 0.05) is 12.1 Å². The minimum Gasteiger partial charge on any atom is -0.497 e. The van der Waals surface area contributed by atoms with E-state index in [1.807, 2.05) is 56.3 Å². The molecule has 128 valence electrons. The molecule has 6 heteroatoms. The quantitative estimate of drug-likeness (QED) is 0.748. The Hall–Kier alpha value is -3.15. The highest BCUT2D eigenvalue weighted by atomic mass is 16.5. The zero-order chi connectivity index (χ0) is 17.8. The van der Waals surface area contributed by atoms with Crippen LogP contribution in [0.15, 0.2) is 47.3 Å². The minimum absolute atomic E-state index is 0.251. The van der Waals surface area contributed by atoms with E-state index in [1.165, 1.54) is 0 Å². The maximum atomic E-state index is 12.3.